The summed E-state index contributed by atoms with van der Waals surface area (Å²) in [6.07, 6.45) is 3.90. The summed E-state index contributed by atoms with van der Waals surface area (Å²) in [7, 11) is 0. The normalized spacial score (nSPS) is 22.1. The van der Waals surface area contributed by atoms with Crippen molar-refractivity contribution in [2.24, 2.45) is 5.92 Å². The second-order valence-electron chi connectivity index (χ2n) is 5.59. The first-order valence-corrected chi connectivity index (χ1v) is 8.04. The van der Waals surface area contributed by atoms with E-state index in [1.54, 1.807) is 0 Å². The molecule has 1 aliphatic rings. The van der Waals surface area contributed by atoms with Crippen LogP contribution < -0.4 is 0 Å². The highest BCUT2D eigenvalue weighted by Gasteiger charge is 2.26. The molecule has 1 aliphatic carbocycles. The molecule has 2 aromatic carbocycles. The molecule has 3 rings (SSSR count). The lowest BCUT2D eigenvalue weighted by Gasteiger charge is -2.22. The van der Waals surface area contributed by atoms with Crippen molar-refractivity contribution in [3.05, 3.63) is 69.7 Å². The molecule has 0 radical (unpaired) electrons. The van der Waals surface area contributed by atoms with Gasteiger partial charge in [0.2, 0.25) is 0 Å². The molecular weight excluding hydrogens is 312 g/mol. The Hall–Kier alpha value is -1.12. The number of aliphatic hydroxyl groups excluding tert-OH is 1. The van der Waals surface area contributed by atoms with Gasteiger partial charge in [-0.3, -0.25) is 0 Å². The summed E-state index contributed by atoms with van der Waals surface area (Å²) in [5.74, 6) is 0.303. The average Bonchev–Trinajstić information content (AvgIpc) is 2.62. The van der Waals surface area contributed by atoms with Gasteiger partial charge in [0.15, 0.2) is 0 Å². The van der Waals surface area contributed by atoms with Crippen LogP contribution in [0.3, 0.4) is 0 Å². The van der Waals surface area contributed by atoms with Gasteiger partial charge >= 0.3 is 0 Å². The predicted molar refractivity (Wildman–Crippen MR) is 85.7 cm³/mol. The minimum atomic E-state index is -0.346. The molecule has 0 amide bonds. The molecule has 0 aliphatic heterocycles. The van der Waals surface area contributed by atoms with Crippen LogP contribution in [-0.2, 0) is 12.8 Å². The summed E-state index contributed by atoms with van der Waals surface area (Å²) in [6, 6.07) is 16.7. The lowest BCUT2D eigenvalue weighted by molar-refractivity contribution is 0.105. The van der Waals surface area contributed by atoms with E-state index < -0.39 is 0 Å². The van der Waals surface area contributed by atoms with Crippen molar-refractivity contribution in [3.63, 3.8) is 0 Å². The number of hydrogen-bond acceptors (Lipinski definition) is 1. The molecule has 2 aromatic rings. The van der Waals surface area contributed by atoms with E-state index in [0.29, 0.717) is 5.92 Å². The van der Waals surface area contributed by atoms with Gasteiger partial charge in [-0.2, -0.15) is 0 Å². The van der Waals surface area contributed by atoms with Crippen LogP contribution in [0.1, 0.15) is 35.6 Å². The third kappa shape index (κ3) is 2.82. The average molecular weight is 331 g/mol. The Morgan fingerprint density at radius 2 is 1.80 bits per heavy atom. The minimum Gasteiger partial charge on any atom is -0.388 e. The number of benzene rings is 2. The van der Waals surface area contributed by atoms with Gasteiger partial charge in [0.1, 0.15) is 0 Å². The lowest BCUT2D eigenvalue weighted by atomic mass is 9.88. The molecule has 0 bridgehead atoms. The fraction of sp³-hybridized carbons (Fsp3) is 0.333. The van der Waals surface area contributed by atoms with Crippen LogP contribution in [0.5, 0.6) is 0 Å². The van der Waals surface area contributed by atoms with E-state index in [-0.39, 0.29) is 6.10 Å². The number of rotatable bonds is 2. The van der Waals surface area contributed by atoms with Gasteiger partial charge < -0.3 is 5.11 Å². The topological polar surface area (TPSA) is 20.2 Å². The lowest BCUT2D eigenvalue weighted by Crippen LogP contribution is -2.15. The van der Waals surface area contributed by atoms with Crippen LogP contribution in [0.2, 0.25) is 0 Å². The van der Waals surface area contributed by atoms with Crippen LogP contribution in [0, 0.1) is 5.92 Å². The van der Waals surface area contributed by atoms with Gasteiger partial charge in [0, 0.05) is 4.47 Å². The predicted octanol–water partition coefficient (Wildman–Crippen LogP) is 4.68. The summed E-state index contributed by atoms with van der Waals surface area (Å²) in [5, 5.41) is 10.7. The molecule has 0 heterocycles. The monoisotopic (exact) mass is 330 g/mol. The SMILES string of the molecule is OC1c2ccccc2CCCC1Cc1ccccc1Br. The molecule has 0 fully saturated rings. The second kappa shape index (κ2) is 6.11. The third-order valence-corrected chi connectivity index (χ3v) is 5.05. The Morgan fingerprint density at radius 1 is 1.05 bits per heavy atom. The smallest absolute Gasteiger partial charge is 0.0824 e. The van der Waals surface area contributed by atoms with Crippen LogP contribution in [0.15, 0.2) is 53.0 Å². The van der Waals surface area contributed by atoms with Crippen molar-refractivity contribution in [1.82, 2.24) is 0 Å². The van der Waals surface area contributed by atoms with Gasteiger partial charge in [0.25, 0.3) is 0 Å². The van der Waals surface area contributed by atoms with E-state index in [0.717, 1.165) is 35.7 Å². The molecule has 0 saturated heterocycles. The second-order valence-corrected chi connectivity index (χ2v) is 6.45. The first-order valence-electron chi connectivity index (χ1n) is 7.25. The zero-order valence-corrected chi connectivity index (χ0v) is 13.0. The Balaban J connectivity index is 1.86. The molecule has 0 aromatic heterocycles. The maximum absolute atomic E-state index is 10.7. The Labute approximate surface area is 128 Å². The molecule has 104 valence electrons. The fourth-order valence-corrected chi connectivity index (χ4v) is 3.62. The van der Waals surface area contributed by atoms with Crippen LogP contribution in [0.4, 0.5) is 0 Å². The van der Waals surface area contributed by atoms with Gasteiger partial charge in [-0.25, -0.2) is 0 Å². The van der Waals surface area contributed by atoms with Gasteiger partial charge in [-0.05, 0) is 54.4 Å². The largest absolute Gasteiger partial charge is 0.388 e. The van der Waals surface area contributed by atoms with Crippen molar-refractivity contribution < 1.29 is 5.11 Å². The quantitative estimate of drug-likeness (QED) is 0.793. The van der Waals surface area contributed by atoms with Crippen molar-refractivity contribution in [1.29, 1.82) is 0 Å². The van der Waals surface area contributed by atoms with Crippen LogP contribution >= 0.6 is 15.9 Å². The molecule has 2 atom stereocenters. The van der Waals surface area contributed by atoms with Gasteiger partial charge in [-0.15, -0.1) is 0 Å². The van der Waals surface area contributed by atoms with E-state index in [2.05, 4.69) is 52.3 Å². The maximum Gasteiger partial charge on any atom is 0.0824 e. The van der Waals surface area contributed by atoms with Gasteiger partial charge in [0.05, 0.1) is 6.10 Å². The van der Waals surface area contributed by atoms with Crippen LogP contribution in [0.25, 0.3) is 0 Å². The highest BCUT2D eigenvalue weighted by Crippen LogP contribution is 2.36. The highest BCUT2D eigenvalue weighted by molar-refractivity contribution is 9.10. The fourth-order valence-electron chi connectivity index (χ4n) is 3.18. The number of aliphatic hydroxyl groups is 1. The van der Waals surface area contributed by atoms with E-state index in [1.165, 1.54) is 11.1 Å². The van der Waals surface area contributed by atoms with E-state index >= 15 is 0 Å². The van der Waals surface area contributed by atoms with E-state index in [1.807, 2.05) is 12.1 Å². The van der Waals surface area contributed by atoms with E-state index in [4.69, 9.17) is 0 Å². The molecule has 2 unspecified atom stereocenters. The summed E-state index contributed by atoms with van der Waals surface area (Å²) < 4.78 is 1.14. The summed E-state index contributed by atoms with van der Waals surface area (Å²) in [6.45, 7) is 0. The molecule has 20 heavy (non-hydrogen) atoms. The zero-order chi connectivity index (χ0) is 13.9. The number of aryl methyl sites for hydroxylation is 1. The highest BCUT2D eigenvalue weighted by atomic mass is 79.9. The number of fused-ring (bicyclic) bond motifs is 1. The Bertz CT molecular complexity index is 593. The van der Waals surface area contributed by atoms with Crippen molar-refractivity contribution in [2.75, 3.05) is 0 Å². The summed E-state index contributed by atoms with van der Waals surface area (Å²) >= 11 is 3.61. The minimum absolute atomic E-state index is 0.303. The first-order chi connectivity index (χ1) is 9.75. The third-order valence-electron chi connectivity index (χ3n) is 4.28. The van der Waals surface area contributed by atoms with Gasteiger partial charge in [-0.1, -0.05) is 58.4 Å². The molecule has 2 heteroatoms. The van der Waals surface area contributed by atoms with Crippen LogP contribution in [-0.4, -0.2) is 5.11 Å². The Kier molecular flexibility index (Phi) is 4.23. The molecule has 0 saturated carbocycles. The van der Waals surface area contributed by atoms with E-state index in [9.17, 15) is 5.11 Å². The first kappa shape index (κ1) is 13.8. The zero-order valence-electron chi connectivity index (χ0n) is 11.4. The number of halogens is 1. The summed E-state index contributed by atoms with van der Waals surface area (Å²) in [4.78, 5) is 0. The molecule has 1 N–H and O–H groups in total. The maximum atomic E-state index is 10.7. The number of hydrogen-bond donors (Lipinski definition) is 1. The Morgan fingerprint density at radius 3 is 2.65 bits per heavy atom. The standard InChI is InChI=1S/C18H19BrO/c19-17-11-4-2-7-14(17)12-15-9-5-8-13-6-1-3-10-16(13)18(15)20/h1-4,6-7,10-11,15,18,20H,5,8-9,12H2. The van der Waals surface area contributed by atoms with Crippen molar-refractivity contribution in [2.45, 2.75) is 31.8 Å². The molecule has 0 spiro atoms. The molecular formula is C18H19BrO. The van der Waals surface area contributed by atoms with Crippen molar-refractivity contribution >= 4 is 15.9 Å². The molecule has 1 nitrogen and oxygen atoms in total. The summed E-state index contributed by atoms with van der Waals surface area (Å²) in [5.41, 5.74) is 3.73. The van der Waals surface area contributed by atoms with Crippen molar-refractivity contribution in [3.8, 4) is 0 Å².